The molecule has 3 rings (SSSR count). The zero-order valence-corrected chi connectivity index (χ0v) is 16.3. The van der Waals surface area contributed by atoms with Crippen molar-refractivity contribution in [1.29, 1.82) is 0 Å². The van der Waals surface area contributed by atoms with Gasteiger partial charge in [0.25, 0.3) is 5.91 Å². The van der Waals surface area contributed by atoms with Crippen LogP contribution in [0.4, 0.5) is 13.2 Å². The van der Waals surface area contributed by atoms with E-state index in [1.807, 2.05) is 0 Å². The van der Waals surface area contributed by atoms with Gasteiger partial charge in [-0.05, 0) is 16.4 Å². The van der Waals surface area contributed by atoms with Crippen molar-refractivity contribution in [1.82, 2.24) is 15.2 Å². The Morgan fingerprint density at radius 1 is 1.18 bits per heavy atom. The van der Waals surface area contributed by atoms with E-state index in [0.29, 0.717) is 5.56 Å². The van der Waals surface area contributed by atoms with Crippen LogP contribution < -0.4 is 0 Å². The lowest BCUT2D eigenvalue weighted by Crippen LogP contribution is -2.32. The van der Waals surface area contributed by atoms with Crippen LogP contribution in [0.25, 0.3) is 11.4 Å². The van der Waals surface area contributed by atoms with E-state index in [9.17, 15) is 18.0 Å². The molecule has 28 heavy (non-hydrogen) atoms. The number of alkyl halides is 3. The van der Waals surface area contributed by atoms with Crippen molar-refractivity contribution in [2.75, 3.05) is 7.11 Å². The van der Waals surface area contributed by atoms with Crippen LogP contribution in [-0.2, 0) is 22.4 Å². The molecule has 1 fully saturated rings. The number of amides is 1. The van der Waals surface area contributed by atoms with Crippen molar-refractivity contribution < 1.29 is 27.3 Å². The SMILES string of the molecule is CON(Cc1ccc(-c2noc(C(F)(F)F)n2)cc1)C(=O)C1C(C)(C)C1(C)C. The van der Waals surface area contributed by atoms with Crippen molar-refractivity contribution >= 4 is 5.91 Å². The number of halogens is 3. The summed E-state index contributed by atoms with van der Waals surface area (Å²) in [6.07, 6.45) is -4.69. The van der Waals surface area contributed by atoms with Gasteiger partial charge in [-0.3, -0.25) is 9.63 Å². The smallest absolute Gasteiger partial charge is 0.329 e. The minimum Gasteiger partial charge on any atom is -0.329 e. The van der Waals surface area contributed by atoms with Crippen LogP contribution >= 0.6 is 0 Å². The van der Waals surface area contributed by atoms with E-state index in [4.69, 9.17) is 4.84 Å². The number of hydroxylamine groups is 2. The average molecular weight is 397 g/mol. The third kappa shape index (κ3) is 3.39. The molecule has 6 nitrogen and oxygen atoms in total. The van der Waals surface area contributed by atoms with Crippen molar-refractivity contribution in [2.24, 2.45) is 16.7 Å². The van der Waals surface area contributed by atoms with E-state index in [0.717, 1.165) is 5.56 Å². The highest BCUT2D eigenvalue weighted by Gasteiger charge is 2.69. The summed E-state index contributed by atoms with van der Waals surface area (Å²) in [5, 5.41) is 4.67. The summed E-state index contributed by atoms with van der Waals surface area (Å²) in [6.45, 7) is 8.44. The largest absolute Gasteiger partial charge is 0.471 e. The van der Waals surface area contributed by atoms with Gasteiger partial charge in [-0.2, -0.15) is 18.2 Å². The van der Waals surface area contributed by atoms with E-state index in [1.54, 1.807) is 24.3 Å². The normalized spacial score (nSPS) is 18.1. The lowest BCUT2D eigenvalue weighted by atomic mass is 10.0. The van der Waals surface area contributed by atoms with Crippen molar-refractivity contribution in [3.05, 3.63) is 35.7 Å². The molecule has 9 heteroatoms. The Bertz CT molecular complexity index is 859. The molecule has 0 N–H and O–H groups in total. The molecule has 1 aliphatic carbocycles. The van der Waals surface area contributed by atoms with Gasteiger partial charge in [0, 0.05) is 5.56 Å². The van der Waals surface area contributed by atoms with Gasteiger partial charge in [0.1, 0.15) is 0 Å². The number of benzene rings is 1. The Kier molecular flexibility index (Phi) is 4.77. The summed E-state index contributed by atoms with van der Waals surface area (Å²) >= 11 is 0. The Hall–Kier alpha value is -2.42. The monoisotopic (exact) mass is 397 g/mol. The number of nitrogens with zero attached hydrogens (tertiary/aromatic N) is 3. The summed E-state index contributed by atoms with van der Waals surface area (Å²) in [5.74, 6) is -1.77. The highest BCUT2D eigenvalue weighted by molar-refractivity contribution is 5.83. The van der Waals surface area contributed by atoms with Gasteiger partial charge >= 0.3 is 12.1 Å². The van der Waals surface area contributed by atoms with Crippen LogP contribution in [0.1, 0.15) is 39.1 Å². The quantitative estimate of drug-likeness (QED) is 0.703. The van der Waals surface area contributed by atoms with Gasteiger partial charge in [0.15, 0.2) is 0 Å². The maximum atomic E-state index is 12.8. The highest BCUT2D eigenvalue weighted by atomic mass is 19.4. The van der Waals surface area contributed by atoms with Crippen LogP contribution in [0.2, 0.25) is 0 Å². The van der Waals surface area contributed by atoms with E-state index in [2.05, 4.69) is 42.4 Å². The summed E-state index contributed by atoms with van der Waals surface area (Å²) in [4.78, 5) is 21.5. The molecule has 0 unspecified atom stereocenters. The van der Waals surface area contributed by atoms with Gasteiger partial charge in [-0.15, -0.1) is 0 Å². The van der Waals surface area contributed by atoms with Gasteiger partial charge in [0.2, 0.25) is 5.82 Å². The van der Waals surface area contributed by atoms with E-state index >= 15 is 0 Å². The Morgan fingerprint density at radius 2 is 1.75 bits per heavy atom. The molecule has 0 bridgehead atoms. The molecule has 0 radical (unpaired) electrons. The second-order valence-electron chi connectivity index (χ2n) is 8.05. The predicted molar refractivity (Wildman–Crippen MR) is 93.3 cm³/mol. The maximum Gasteiger partial charge on any atom is 0.471 e. The lowest BCUT2D eigenvalue weighted by molar-refractivity contribution is -0.182. The standard InChI is InChI=1S/C19H22F3N3O3/c1-17(2)13(18(17,3)4)15(26)25(27-5)10-11-6-8-12(9-7-11)14-23-16(28-24-14)19(20,21)22/h6-9,13H,10H2,1-5H3. The second-order valence-corrected chi connectivity index (χ2v) is 8.05. The van der Waals surface area contributed by atoms with Crippen molar-refractivity contribution in [3.8, 4) is 11.4 Å². The lowest BCUT2D eigenvalue weighted by Gasteiger charge is -2.21. The Balaban J connectivity index is 1.71. The predicted octanol–water partition coefficient (Wildman–Crippen LogP) is 4.33. The minimum absolute atomic E-state index is 0.0884. The third-order valence-electron chi connectivity index (χ3n) is 5.94. The summed E-state index contributed by atoms with van der Waals surface area (Å²) < 4.78 is 42.0. The topological polar surface area (TPSA) is 68.5 Å². The first kappa shape index (κ1) is 20.3. The van der Waals surface area contributed by atoms with Crippen LogP contribution in [0, 0.1) is 16.7 Å². The Morgan fingerprint density at radius 3 is 2.18 bits per heavy atom. The van der Waals surface area contributed by atoms with Gasteiger partial charge in [-0.25, -0.2) is 5.06 Å². The first-order chi connectivity index (χ1) is 12.9. The maximum absolute atomic E-state index is 12.8. The molecule has 1 aromatic heterocycles. The molecule has 0 atom stereocenters. The molecule has 1 aliphatic rings. The fourth-order valence-electron chi connectivity index (χ4n) is 3.57. The zero-order valence-electron chi connectivity index (χ0n) is 16.3. The summed E-state index contributed by atoms with van der Waals surface area (Å²) in [7, 11) is 1.44. The van der Waals surface area contributed by atoms with Gasteiger partial charge in [0.05, 0.1) is 19.6 Å². The number of carbonyl (C=O) groups is 1. The molecule has 0 saturated heterocycles. The van der Waals surface area contributed by atoms with E-state index in [-0.39, 0.29) is 35.0 Å². The number of hydrogen-bond acceptors (Lipinski definition) is 5. The number of rotatable bonds is 5. The molecule has 1 heterocycles. The highest BCUT2D eigenvalue weighted by Crippen LogP contribution is 2.68. The number of hydrogen-bond donors (Lipinski definition) is 0. The third-order valence-corrected chi connectivity index (χ3v) is 5.94. The van der Waals surface area contributed by atoms with Gasteiger partial charge < -0.3 is 4.52 Å². The van der Waals surface area contributed by atoms with Crippen LogP contribution in [-0.4, -0.2) is 28.2 Å². The second kappa shape index (κ2) is 6.58. The van der Waals surface area contributed by atoms with E-state index in [1.165, 1.54) is 12.2 Å². The molecular formula is C19H22F3N3O3. The molecule has 152 valence electrons. The fraction of sp³-hybridized carbons (Fsp3) is 0.526. The Labute approximate surface area is 160 Å². The molecule has 0 aliphatic heterocycles. The average Bonchev–Trinajstić information content (AvgIpc) is 2.97. The van der Waals surface area contributed by atoms with Crippen molar-refractivity contribution in [2.45, 2.75) is 40.4 Å². The molecule has 0 spiro atoms. The molecule has 1 amide bonds. The summed E-state index contributed by atoms with van der Waals surface area (Å²) in [6, 6.07) is 6.51. The zero-order chi connectivity index (χ0) is 20.9. The molecule has 1 saturated carbocycles. The first-order valence-corrected chi connectivity index (χ1v) is 8.75. The summed E-state index contributed by atoms with van der Waals surface area (Å²) in [5.41, 5.74) is 0.913. The number of carbonyl (C=O) groups excluding carboxylic acids is 1. The van der Waals surface area contributed by atoms with Gasteiger partial charge in [-0.1, -0.05) is 57.1 Å². The molecular weight excluding hydrogens is 375 g/mol. The first-order valence-electron chi connectivity index (χ1n) is 8.75. The molecule has 1 aromatic carbocycles. The van der Waals surface area contributed by atoms with Crippen LogP contribution in [0.3, 0.4) is 0 Å². The van der Waals surface area contributed by atoms with Crippen LogP contribution in [0.15, 0.2) is 28.8 Å². The molecule has 2 aromatic rings. The van der Waals surface area contributed by atoms with E-state index < -0.39 is 12.1 Å². The fourth-order valence-corrected chi connectivity index (χ4v) is 3.57. The minimum atomic E-state index is -4.69. The van der Waals surface area contributed by atoms with Crippen LogP contribution in [0.5, 0.6) is 0 Å². The number of aromatic nitrogens is 2. The van der Waals surface area contributed by atoms with Crippen molar-refractivity contribution in [3.63, 3.8) is 0 Å².